The quantitative estimate of drug-likeness (QED) is 0.812. The fraction of sp³-hybridized carbons (Fsp3) is 0.533. The van der Waals surface area contributed by atoms with Gasteiger partial charge in [0.25, 0.3) is 5.91 Å². The lowest BCUT2D eigenvalue weighted by Gasteiger charge is -2.14. The summed E-state index contributed by atoms with van der Waals surface area (Å²) < 4.78 is 5.74. The lowest BCUT2D eigenvalue weighted by atomic mass is 10.2. The number of ether oxygens (including phenoxy) is 1. The van der Waals surface area contributed by atoms with E-state index in [1.807, 2.05) is 38.2 Å². The molecule has 1 atom stereocenters. The van der Waals surface area contributed by atoms with Gasteiger partial charge in [0.15, 0.2) is 0 Å². The van der Waals surface area contributed by atoms with Crippen LogP contribution in [0, 0.1) is 5.92 Å². The zero-order valence-electron chi connectivity index (χ0n) is 12.0. The van der Waals surface area contributed by atoms with Crippen LogP contribution in [-0.4, -0.2) is 32.1 Å². The Labute approximate surface area is 126 Å². The van der Waals surface area contributed by atoms with Crippen LogP contribution in [0.4, 0.5) is 0 Å². The lowest BCUT2D eigenvalue weighted by molar-refractivity contribution is 0.0946. The van der Waals surface area contributed by atoms with E-state index in [0.29, 0.717) is 23.8 Å². The van der Waals surface area contributed by atoms with Crippen LogP contribution in [0.1, 0.15) is 30.1 Å². The molecule has 0 spiro atoms. The van der Waals surface area contributed by atoms with Gasteiger partial charge in [-0.15, -0.1) is 12.4 Å². The minimum atomic E-state index is -0.0755. The van der Waals surface area contributed by atoms with Crippen molar-refractivity contribution in [2.75, 3.05) is 20.2 Å². The number of rotatable bonds is 7. The highest BCUT2D eigenvalue weighted by molar-refractivity contribution is 5.96. The minimum absolute atomic E-state index is 0. The van der Waals surface area contributed by atoms with Crippen LogP contribution < -0.4 is 15.4 Å². The highest BCUT2D eigenvalue weighted by Gasteiger charge is 2.23. The maximum absolute atomic E-state index is 12.1. The largest absolute Gasteiger partial charge is 0.492 e. The molecular weight excluding hydrogens is 276 g/mol. The van der Waals surface area contributed by atoms with Gasteiger partial charge >= 0.3 is 0 Å². The second kappa shape index (κ2) is 8.12. The van der Waals surface area contributed by atoms with Gasteiger partial charge in [0.05, 0.1) is 12.2 Å². The topological polar surface area (TPSA) is 50.4 Å². The summed E-state index contributed by atoms with van der Waals surface area (Å²) in [6.45, 7) is 3.35. The summed E-state index contributed by atoms with van der Waals surface area (Å²) in [6.07, 6.45) is 2.49. The highest BCUT2D eigenvalue weighted by atomic mass is 35.5. The summed E-state index contributed by atoms with van der Waals surface area (Å²) >= 11 is 0. The second-order valence-corrected chi connectivity index (χ2v) is 5.15. The summed E-state index contributed by atoms with van der Waals surface area (Å²) in [4.78, 5) is 12.1. The summed E-state index contributed by atoms with van der Waals surface area (Å²) in [5.41, 5.74) is 0.617. The number of carbonyl (C=O) groups excluding carboxylic acids is 1. The van der Waals surface area contributed by atoms with E-state index in [2.05, 4.69) is 10.6 Å². The molecule has 20 heavy (non-hydrogen) atoms. The zero-order chi connectivity index (χ0) is 13.7. The third kappa shape index (κ3) is 5.02. The number of hydrogen-bond donors (Lipinski definition) is 2. The molecule has 5 heteroatoms. The van der Waals surface area contributed by atoms with E-state index < -0.39 is 0 Å². The molecule has 0 radical (unpaired) electrons. The molecule has 2 N–H and O–H groups in total. The maximum atomic E-state index is 12.1. The molecule has 4 nitrogen and oxygen atoms in total. The third-order valence-corrected chi connectivity index (χ3v) is 3.36. The predicted molar refractivity (Wildman–Crippen MR) is 82.8 cm³/mol. The standard InChI is InChI=1S/C15H22N2O2.ClH/c1-11(16-2)9-17-15(18)13-5-3-4-6-14(13)19-10-12-7-8-12;/h3-6,11-12,16H,7-10H2,1-2H3,(H,17,18);1H. The van der Waals surface area contributed by atoms with Crippen LogP contribution in [0.5, 0.6) is 5.75 Å². The second-order valence-electron chi connectivity index (χ2n) is 5.15. The molecule has 1 aliphatic rings. The number of amides is 1. The summed E-state index contributed by atoms with van der Waals surface area (Å²) in [5, 5.41) is 6.00. The number of carbonyl (C=O) groups is 1. The monoisotopic (exact) mass is 298 g/mol. The van der Waals surface area contributed by atoms with Crippen molar-refractivity contribution in [3.05, 3.63) is 29.8 Å². The van der Waals surface area contributed by atoms with Gasteiger partial charge in [-0.3, -0.25) is 4.79 Å². The van der Waals surface area contributed by atoms with Crippen LogP contribution in [0.3, 0.4) is 0 Å². The molecule has 2 rings (SSSR count). The van der Waals surface area contributed by atoms with Crippen molar-refractivity contribution in [1.82, 2.24) is 10.6 Å². The first-order chi connectivity index (χ1) is 9.20. The van der Waals surface area contributed by atoms with E-state index in [-0.39, 0.29) is 24.4 Å². The van der Waals surface area contributed by atoms with Gasteiger partial charge in [0.2, 0.25) is 0 Å². The van der Waals surface area contributed by atoms with Crippen molar-refractivity contribution in [3.8, 4) is 5.75 Å². The van der Waals surface area contributed by atoms with Gasteiger partial charge in [-0.1, -0.05) is 12.1 Å². The smallest absolute Gasteiger partial charge is 0.255 e. The molecule has 0 aromatic heterocycles. The SMILES string of the molecule is CNC(C)CNC(=O)c1ccccc1OCC1CC1.Cl. The van der Waals surface area contributed by atoms with Crippen LogP contribution in [0.2, 0.25) is 0 Å². The average molecular weight is 299 g/mol. The van der Waals surface area contributed by atoms with Gasteiger partial charge < -0.3 is 15.4 Å². The van der Waals surface area contributed by atoms with Crippen LogP contribution >= 0.6 is 12.4 Å². The Balaban J connectivity index is 0.00000200. The van der Waals surface area contributed by atoms with Gasteiger partial charge in [0, 0.05) is 12.6 Å². The molecule has 0 heterocycles. The van der Waals surface area contributed by atoms with E-state index in [1.54, 1.807) is 0 Å². The Kier molecular flexibility index (Phi) is 6.82. The number of likely N-dealkylation sites (N-methyl/N-ethyl adjacent to an activating group) is 1. The van der Waals surface area contributed by atoms with Crippen molar-refractivity contribution < 1.29 is 9.53 Å². The third-order valence-electron chi connectivity index (χ3n) is 3.36. The molecule has 112 valence electrons. The Morgan fingerprint density at radius 1 is 1.40 bits per heavy atom. The van der Waals surface area contributed by atoms with Crippen molar-refractivity contribution in [3.63, 3.8) is 0 Å². The van der Waals surface area contributed by atoms with E-state index in [0.717, 1.165) is 6.61 Å². The Morgan fingerprint density at radius 3 is 2.75 bits per heavy atom. The molecule has 0 aliphatic heterocycles. The first kappa shape index (κ1) is 16.8. The van der Waals surface area contributed by atoms with Crippen molar-refractivity contribution in [2.45, 2.75) is 25.8 Å². The van der Waals surface area contributed by atoms with E-state index >= 15 is 0 Å². The first-order valence-electron chi connectivity index (χ1n) is 6.88. The fourth-order valence-corrected chi connectivity index (χ4v) is 1.72. The minimum Gasteiger partial charge on any atom is -0.492 e. The van der Waals surface area contributed by atoms with E-state index in [4.69, 9.17) is 4.74 Å². The summed E-state index contributed by atoms with van der Waals surface area (Å²) in [6, 6.07) is 7.68. The summed E-state index contributed by atoms with van der Waals surface area (Å²) in [7, 11) is 1.88. The van der Waals surface area contributed by atoms with Crippen LogP contribution in [0.25, 0.3) is 0 Å². The van der Waals surface area contributed by atoms with E-state index in [9.17, 15) is 4.79 Å². The number of halogens is 1. The fourth-order valence-electron chi connectivity index (χ4n) is 1.72. The van der Waals surface area contributed by atoms with Gasteiger partial charge in [-0.2, -0.15) is 0 Å². The molecular formula is C15H23ClN2O2. The number of benzene rings is 1. The Morgan fingerprint density at radius 2 is 2.10 bits per heavy atom. The van der Waals surface area contributed by atoms with Gasteiger partial charge in [0.1, 0.15) is 5.75 Å². The van der Waals surface area contributed by atoms with Gasteiger partial charge in [-0.05, 0) is 44.9 Å². The molecule has 1 aliphatic carbocycles. The van der Waals surface area contributed by atoms with Gasteiger partial charge in [-0.25, -0.2) is 0 Å². The molecule has 1 amide bonds. The molecule has 1 aromatic carbocycles. The van der Waals surface area contributed by atoms with Crippen LogP contribution in [-0.2, 0) is 0 Å². The normalized spacial score (nSPS) is 15.1. The average Bonchev–Trinajstić information content (AvgIpc) is 3.26. The number of nitrogens with one attached hydrogen (secondary N) is 2. The Hall–Kier alpha value is -1.26. The molecule has 0 saturated heterocycles. The maximum Gasteiger partial charge on any atom is 0.255 e. The number of para-hydroxylation sites is 1. The lowest BCUT2D eigenvalue weighted by Crippen LogP contribution is -2.37. The van der Waals surface area contributed by atoms with Crippen molar-refractivity contribution in [2.24, 2.45) is 5.92 Å². The van der Waals surface area contributed by atoms with E-state index in [1.165, 1.54) is 12.8 Å². The van der Waals surface area contributed by atoms with Crippen LogP contribution in [0.15, 0.2) is 24.3 Å². The molecule has 1 fully saturated rings. The summed E-state index contributed by atoms with van der Waals surface area (Å²) in [5.74, 6) is 1.29. The molecule has 1 unspecified atom stereocenters. The molecule has 1 saturated carbocycles. The predicted octanol–water partition coefficient (Wildman–Crippen LogP) is 2.23. The Bertz CT molecular complexity index is 436. The molecule has 1 aromatic rings. The highest BCUT2D eigenvalue weighted by Crippen LogP contribution is 2.30. The number of hydrogen-bond acceptors (Lipinski definition) is 3. The first-order valence-corrected chi connectivity index (χ1v) is 6.88. The van der Waals surface area contributed by atoms with Crippen molar-refractivity contribution in [1.29, 1.82) is 0 Å². The molecule has 0 bridgehead atoms. The zero-order valence-corrected chi connectivity index (χ0v) is 12.8. The van der Waals surface area contributed by atoms with Crippen molar-refractivity contribution >= 4 is 18.3 Å².